The van der Waals surface area contributed by atoms with Gasteiger partial charge in [-0.2, -0.15) is 0 Å². The molecule has 2 aromatic carbocycles. The molecule has 0 unspecified atom stereocenters. The SMILES string of the molecule is CCc1ccc(CN(C)[C@@H](C)c2nnc(-c3ccc(F)cc3)o2)cc1. The molecule has 0 radical (unpaired) electrons. The number of aromatic nitrogens is 2. The van der Waals surface area contributed by atoms with Crippen molar-refractivity contribution in [2.75, 3.05) is 7.05 Å². The van der Waals surface area contributed by atoms with Gasteiger partial charge >= 0.3 is 0 Å². The van der Waals surface area contributed by atoms with Crippen molar-refractivity contribution >= 4 is 0 Å². The summed E-state index contributed by atoms with van der Waals surface area (Å²) < 4.78 is 18.8. The van der Waals surface area contributed by atoms with Crippen LogP contribution < -0.4 is 0 Å². The Morgan fingerprint density at radius 2 is 1.64 bits per heavy atom. The Morgan fingerprint density at radius 1 is 1.00 bits per heavy atom. The largest absolute Gasteiger partial charge is 0.419 e. The number of benzene rings is 2. The molecule has 3 rings (SSSR count). The molecule has 5 heteroatoms. The highest BCUT2D eigenvalue weighted by Gasteiger charge is 2.19. The number of rotatable bonds is 6. The molecular formula is C20H22FN3O. The molecular weight excluding hydrogens is 317 g/mol. The van der Waals surface area contributed by atoms with Crippen molar-refractivity contribution in [1.29, 1.82) is 0 Å². The first kappa shape index (κ1) is 17.3. The topological polar surface area (TPSA) is 42.2 Å². The van der Waals surface area contributed by atoms with Crippen molar-refractivity contribution in [3.63, 3.8) is 0 Å². The van der Waals surface area contributed by atoms with Gasteiger partial charge in [0.1, 0.15) is 5.82 Å². The van der Waals surface area contributed by atoms with E-state index < -0.39 is 0 Å². The van der Waals surface area contributed by atoms with Crippen LogP contribution in [0.15, 0.2) is 52.9 Å². The van der Waals surface area contributed by atoms with Gasteiger partial charge in [0, 0.05) is 12.1 Å². The fourth-order valence-electron chi connectivity index (χ4n) is 2.61. The van der Waals surface area contributed by atoms with Crippen LogP contribution in [-0.2, 0) is 13.0 Å². The zero-order chi connectivity index (χ0) is 17.8. The normalized spacial score (nSPS) is 12.5. The van der Waals surface area contributed by atoms with Crippen LogP contribution >= 0.6 is 0 Å². The Hall–Kier alpha value is -2.53. The molecule has 0 aliphatic heterocycles. The van der Waals surface area contributed by atoms with E-state index in [-0.39, 0.29) is 11.9 Å². The van der Waals surface area contributed by atoms with Gasteiger partial charge in [0.05, 0.1) is 6.04 Å². The Kier molecular flexibility index (Phi) is 5.24. The van der Waals surface area contributed by atoms with Gasteiger partial charge in [0.25, 0.3) is 0 Å². The van der Waals surface area contributed by atoms with Gasteiger partial charge in [-0.1, -0.05) is 31.2 Å². The fraction of sp³-hybridized carbons (Fsp3) is 0.300. The number of halogens is 1. The van der Waals surface area contributed by atoms with Gasteiger partial charge in [-0.3, -0.25) is 4.90 Å². The second kappa shape index (κ2) is 7.57. The highest BCUT2D eigenvalue weighted by Crippen LogP contribution is 2.24. The summed E-state index contributed by atoms with van der Waals surface area (Å²) in [6, 6.07) is 14.6. The van der Waals surface area contributed by atoms with E-state index in [0.29, 0.717) is 17.3 Å². The van der Waals surface area contributed by atoms with E-state index in [4.69, 9.17) is 4.42 Å². The summed E-state index contributed by atoms with van der Waals surface area (Å²) >= 11 is 0. The average molecular weight is 339 g/mol. The lowest BCUT2D eigenvalue weighted by Gasteiger charge is -2.21. The van der Waals surface area contributed by atoms with E-state index in [1.165, 1.54) is 23.3 Å². The molecule has 25 heavy (non-hydrogen) atoms. The third kappa shape index (κ3) is 4.12. The summed E-state index contributed by atoms with van der Waals surface area (Å²) in [5.74, 6) is 0.667. The Labute approximate surface area is 147 Å². The maximum atomic E-state index is 13.0. The zero-order valence-electron chi connectivity index (χ0n) is 14.7. The van der Waals surface area contributed by atoms with Crippen LogP contribution in [0.2, 0.25) is 0 Å². The first-order valence-corrected chi connectivity index (χ1v) is 8.44. The molecule has 0 bridgehead atoms. The van der Waals surface area contributed by atoms with Gasteiger partial charge in [-0.05, 0) is 55.8 Å². The molecule has 0 fully saturated rings. The van der Waals surface area contributed by atoms with Crippen LogP contribution in [0.5, 0.6) is 0 Å². The molecule has 1 atom stereocenters. The second-order valence-corrected chi connectivity index (χ2v) is 6.21. The van der Waals surface area contributed by atoms with E-state index in [2.05, 4.69) is 46.3 Å². The number of hydrogen-bond donors (Lipinski definition) is 0. The van der Waals surface area contributed by atoms with E-state index >= 15 is 0 Å². The second-order valence-electron chi connectivity index (χ2n) is 6.21. The molecule has 0 aliphatic rings. The van der Waals surface area contributed by atoms with Crippen molar-refractivity contribution in [2.45, 2.75) is 32.9 Å². The monoisotopic (exact) mass is 339 g/mol. The summed E-state index contributed by atoms with van der Waals surface area (Å²) in [6.07, 6.45) is 1.04. The maximum Gasteiger partial charge on any atom is 0.247 e. The minimum absolute atomic E-state index is 0.0208. The number of hydrogen-bond acceptors (Lipinski definition) is 4. The molecule has 1 heterocycles. The lowest BCUT2D eigenvalue weighted by molar-refractivity contribution is 0.218. The number of nitrogens with zero attached hydrogens (tertiary/aromatic N) is 3. The van der Waals surface area contributed by atoms with Crippen LogP contribution in [0.3, 0.4) is 0 Å². The van der Waals surface area contributed by atoms with Gasteiger partial charge < -0.3 is 4.42 Å². The van der Waals surface area contributed by atoms with E-state index in [1.807, 2.05) is 14.0 Å². The minimum Gasteiger partial charge on any atom is -0.419 e. The molecule has 0 saturated carbocycles. The van der Waals surface area contributed by atoms with Gasteiger partial charge in [-0.15, -0.1) is 10.2 Å². The maximum absolute atomic E-state index is 13.0. The van der Waals surface area contributed by atoms with E-state index in [9.17, 15) is 4.39 Å². The molecule has 0 aliphatic carbocycles. The lowest BCUT2D eigenvalue weighted by Crippen LogP contribution is -2.22. The summed E-state index contributed by atoms with van der Waals surface area (Å²) in [7, 11) is 2.03. The zero-order valence-corrected chi connectivity index (χ0v) is 14.7. The molecule has 130 valence electrons. The lowest BCUT2D eigenvalue weighted by atomic mass is 10.1. The van der Waals surface area contributed by atoms with Crippen LogP contribution in [0.4, 0.5) is 4.39 Å². The van der Waals surface area contributed by atoms with Crippen LogP contribution in [0, 0.1) is 5.82 Å². The van der Waals surface area contributed by atoms with Crippen molar-refractivity contribution in [3.8, 4) is 11.5 Å². The standard InChI is InChI=1S/C20H22FN3O/c1-4-15-5-7-16(8-6-15)13-24(3)14(2)19-22-23-20(25-19)17-9-11-18(21)12-10-17/h5-12,14H,4,13H2,1-3H3/t14-/m0/s1. The fourth-order valence-corrected chi connectivity index (χ4v) is 2.61. The van der Waals surface area contributed by atoms with Crippen LogP contribution in [0.1, 0.15) is 36.9 Å². The molecule has 0 saturated heterocycles. The first-order chi connectivity index (χ1) is 12.1. The minimum atomic E-state index is -0.286. The Bertz CT molecular complexity index is 812. The third-order valence-corrected chi connectivity index (χ3v) is 4.41. The van der Waals surface area contributed by atoms with Crippen molar-refractivity contribution in [1.82, 2.24) is 15.1 Å². The third-order valence-electron chi connectivity index (χ3n) is 4.41. The van der Waals surface area contributed by atoms with E-state index in [1.54, 1.807) is 12.1 Å². The Balaban J connectivity index is 1.69. The van der Waals surface area contributed by atoms with Gasteiger partial charge in [0.2, 0.25) is 11.8 Å². The first-order valence-electron chi connectivity index (χ1n) is 8.44. The number of aryl methyl sites for hydroxylation is 1. The molecule has 0 N–H and O–H groups in total. The summed E-state index contributed by atoms with van der Waals surface area (Å²) in [5, 5.41) is 8.24. The molecule has 3 aromatic rings. The molecule has 1 aromatic heterocycles. The molecule has 0 spiro atoms. The van der Waals surface area contributed by atoms with E-state index in [0.717, 1.165) is 13.0 Å². The van der Waals surface area contributed by atoms with Crippen LogP contribution in [-0.4, -0.2) is 22.1 Å². The highest BCUT2D eigenvalue weighted by molar-refractivity contribution is 5.51. The van der Waals surface area contributed by atoms with Crippen molar-refractivity contribution < 1.29 is 8.81 Å². The van der Waals surface area contributed by atoms with Gasteiger partial charge in [-0.25, -0.2) is 4.39 Å². The predicted octanol–water partition coefficient (Wildman–Crippen LogP) is 4.63. The van der Waals surface area contributed by atoms with Crippen LogP contribution in [0.25, 0.3) is 11.5 Å². The Morgan fingerprint density at radius 3 is 2.28 bits per heavy atom. The average Bonchev–Trinajstić information content (AvgIpc) is 3.12. The quantitative estimate of drug-likeness (QED) is 0.656. The van der Waals surface area contributed by atoms with Crippen molar-refractivity contribution in [3.05, 3.63) is 71.4 Å². The van der Waals surface area contributed by atoms with Crippen molar-refractivity contribution in [2.24, 2.45) is 0 Å². The summed E-state index contributed by atoms with van der Waals surface area (Å²) in [4.78, 5) is 2.16. The predicted molar refractivity (Wildman–Crippen MR) is 95.4 cm³/mol. The molecule has 0 amide bonds. The smallest absolute Gasteiger partial charge is 0.247 e. The van der Waals surface area contributed by atoms with Gasteiger partial charge in [0.15, 0.2) is 0 Å². The summed E-state index contributed by atoms with van der Waals surface area (Å²) in [5.41, 5.74) is 3.29. The highest BCUT2D eigenvalue weighted by atomic mass is 19.1. The molecule has 4 nitrogen and oxygen atoms in total. The summed E-state index contributed by atoms with van der Waals surface area (Å²) in [6.45, 7) is 4.97.